The third-order valence-corrected chi connectivity index (χ3v) is 5.49. The van der Waals surface area contributed by atoms with Crippen LogP contribution in [0.25, 0.3) is 5.82 Å². The van der Waals surface area contributed by atoms with Crippen LogP contribution in [0, 0.1) is 5.82 Å². The lowest BCUT2D eigenvalue weighted by Gasteiger charge is -2.38. The molecule has 2 unspecified atom stereocenters. The van der Waals surface area contributed by atoms with E-state index in [9.17, 15) is 9.18 Å². The number of nitrogens with zero attached hydrogens (tertiary/aromatic N) is 5. The van der Waals surface area contributed by atoms with Gasteiger partial charge in [-0.05, 0) is 31.2 Å². The van der Waals surface area contributed by atoms with Gasteiger partial charge in [-0.15, -0.1) is 0 Å². The number of rotatable bonds is 6. The molecule has 1 aromatic carbocycles. The van der Waals surface area contributed by atoms with Gasteiger partial charge in [0.05, 0.1) is 18.8 Å². The first kappa shape index (κ1) is 21.4. The number of amides is 1. The molecule has 10 heteroatoms. The second-order valence-corrected chi connectivity index (χ2v) is 7.69. The lowest BCUT2D eigenvalue weighted by atomic mass is 10.0. The van der Waals surface area contributed by atoms with Crippen molar-refractivity contribution in [2.45, 2.75) is 19.1 Å². The molecular weight excluding hydrogens is 423 g/mol. The second kappa shape index (κ2) is 9.51. The van der Waals surface area contributed by atoms with Gasteiger partial charge in [0.25, 0.3) is 5.91 Å². The number of benzene rings is 1. The summed E-state index contributed by atoms with van der Waals surface area (Å²) in [5, 5.41) is 7.27. The number of nitrogens with one attached hydrogen (secondary N) is 1. The van der Waals surface area contributed by atoms with Crippen molar-refractivity contribution < 1.29 is 13.9 Å². The summed E-state index contributed by atoms with van der Waals surface area (Å²) in [6.45, 7) is 3.90. The minimum Gasteiger partial charge on any atom is -0.376 e. The van der Waals surface area contributed by atoms with Crippen LogP contribution in [0.4, 0.5) is 4.39 Å². The highest BCUT2D eigenvalue weighted by Crippen LogP contribution is 2.31. The van der Waals surface area contributed by atoms with E-state index in [0.717, 1.165) is 0 Å². The molecule has 31 heavy (non-hydrogen) atoms. The van der Waals surface area contributed by atoms with Gasteiger partial charge in [-0.3, -0.25) is 9.69 Å². The molecule has 0 aliphatic carbocycles. The first-order valence-corrected chi connectivity index (χ1v) is 10.3. The van der Waals surface area contributed by atoms with E-state index < -0.39 is 11.9 Å². The number of carbonyl (C=O) groups excluding carboxylic acids is 1. The molecule has 0 saturated carbocycles. The predicted molar refractivity (Wildman–Crippen MR) is 113 cm³/mol. The molecule has 1 amide bonds. The van der Waals surface area contributed by atoms with Crippen molar-refractivity contribution in [1.29, 1.82) is 0 Å². The van der Waals surface area contributed by atoms with Crippen LogP contribution in [0.2, 0.25) is 5.02 Å². The van der Waals surface area contributed by atoms with E-state index in [0.29, 0.717) is 41.7 Å². The van der Waals surface area contributed by atoms with Gasteiger partial charge in [-0.25, -0.2) is 19.0 Å². The third-order valence-electron chi connectivity index (χ3n) is 5.16. The molecule has 162 valence electrons. The first-order valence-electron chi connectivity index (χ1n) is 9.91. The Morgan fingerprint density at radius 1 is 1.42 bits per heavy atom. The Morgan fingerprint density at radius 2 is 2.29 bits per heavy atom. The van der Waals surface area contributed by atoms with Crippen LogP contribution in [0.15, 0.2) is 49.2 Å². The highest BCUT2D eigenvalue weighted by Gasteiger charge is 2.29. The molecule has 1 saturated heterocycles. The molecule has 0 spiro atoms. The predicted octanol–water partition coefficient (Wildman–Crippen LogP) is 2.65. The molecule has 1 fully saturated rings. The van der Waals surface area contributed by atoms with Crippen LogP contribution in [-0.2, 0) is 4.74 Å². The van der Waals surface area contributed by atoms with Crippen molar-refractivity contribution in [2.24, 2.45) is 0 Å². The Balaban J connectivity index is 1.55. The molecule has 3 aromatic rings. The normalized spacial score (nSPS) is 18.0. The Labute approximate surface area is 184 Å². The molecule has 2 aromatic heterocycles. The number of halogens is 2. The van der Waals surface area contributed by atoms with Gasteiger partial charge in [0.1, 0.15) is 18.5 Å². The van der Waals surface area contributed by atoms with E-state index in [2.05, 4.69) is 25.3 Å². The van der Waals surface area contributed by atoms with Crippen molar-refractivity contribution in [2.75, 3.05) is 26.2 Å². The molecule has 0 radical (unpaired) electrons. The highest BCUT2D eigenvalue weighted by molar-refractivity contribution is 6.31. The summed E-state index contributed by atoms with van der Waals surface area (Å²) in [4.78, 5) is 23.0. The molecular formula is C21H22ClFN6O2. The van der Waals surface area contributed by atoms with E-state index in [-0.39, 0.29) is 18.6 Å². The average molecular weight is 445 g/mol. The van der Waals surface area contributed by atoms with Gasteiger partial charge in [0.2, 0.25) is 0 Å². The maximum absolute atomic E-state index is 14.7. The number of ether oxygens (including phenoxy) is 1. The highest BCUT2D eigenvalue weighted by atomic mass is 35.5. The van der Waals surface area contributed by atoms with E-state index >= 15 is 0 Å². The van der Waals surface area contributed by atoms with Gasteiger partial charge in [-0.2, -0.15) is 5.10 Å². The molecule has 2 atom stereocenters. The lowest BCUT2D eigenvalue weighted by Crippen LogP contribution is -2.47. The fourth-order valence-electron chi connectivity index (χ4n) is 3.67. The van der Waals surface area contributed by atoms with Crippen molar-refractivity contribution in [3.8, 4) is 5.82 Å². The van der Waals surface area contributed by atoms with Crippen molar-refractivity contribution in [1.82, 2.24) is 30.0 Å². The van der Waals surface area contributed by atoms with E-state index in [4.69, 9.17) is 16.3 Å². The quantitative estimate of drug-likeness (QED) is 0.629. The largest absolute Gasteiger partial charge is 0.376 e. The van der Waals surface area contributed by atoms with Crippen LogP contribution in [0.3, 0.4) is 0 Å². The van der Waals surface area contributed by atoms with Crippen LogP contribution in [0.1, 0.15) is 28.9 Å². The minimum absolute atomic E-state index is 0.00272. The Morgan fingerprint density at radius 3 is 3.03 bits per heavy atom. The fraction of sp³-hybridized carbons (Fsp3) is 0.333. The molecule has 4 rings (SSSR count). The van der Waals surface area contributed by atoms with Crippen molar-refractivity contribution in [3.63, 3.8) is 0 Å². The van der Waals surface area contributed by atoms with Gasteiger partial charge < -0.3 is 10.1 Å². The Kier molecular flexibility index (Phi) is 6.55. The van der Waals surface area contributed by atoms with E-state index in [1.54, 1.807) is 24.3 Å². The molecule has 1 aliphatic rings. The first-order chi connectivity index (χ1) is 15.0. The molecule has 1 aliphatic heterocycles. The fourth-order valence-corrected chi connectivity index (χ4v) is 3.96. The number of morpholine rings is 1. The van der Waals surface area contributed by atoms with Gasteiger partial charge in [0.15, 0.2) is 5.82 Å². The van der Waals surface area contributed by atoms with Crippen LogP contribution >= 0.6 is 11.6 Å². The monoisotopic (exact) mass is 444 g/mol. The molecule has 3 heterocycles. The number of aromatic nitrogens is 4. The van der Waals surface area contributed by atoms with Gasteiger partial charge in [0, 0.05) is 42.0 Å². The van der Waals surface area contributed by atoms with E-state index in [1.807, 2.05) is 6.92 Å². The number of carbonyl (C=O) groups is 1. The minimum atomic E-state index is -0.430. The zero-order valence-corrected chi connectivity index (χ0v) is 17.7. The smallest absolute Gasteiger partial charge is 0.251 e. The average Bonchev–Trinajstić information content (AvgIpc) is 3.31. The Bertz CT molecular complexity index is 1030. The maximum Gasteiger partial charge on any atom is 0.251 e. The lowest BCUT2D eigenvalue weighted by molar-refractivity contribution is -0.0346. The summed E-state index contributed by atoms with van der Waals surface area (Å²) in [6, 6.07) is 7.41. The van der Waals surface area contributed by atoms with E-state index in [1.165, 1.54) is 29.6 Å². The summed E-state index contributed by atoms with van der Waals surface area (Å²) >= 11 is 6.36. The number of hydrogen-bond acceptors (Lipinski definition) is 6. The summed E-state index contributed by atoms with van der Waals surface area (Å²) in [5.74, 6) is -0.230. The summed E-state index contributed by atoms with van der Waals surface area (Å²) in [6.07, 6.45) is 4.42. The van der Waals surface area contributed by atoms with Gasteiger partial charge >= 0.3 is 0 Å². The maximum atomic E-state index is 14.7. The topological polar surface area (TPSA) is 85.2 Å². The standard InChI is InChI=1S/C21H22ClFN6O2/c1-14-11-28(7-8-31-14)18(20-16(22)3-2-4-17(20)23)10-26-21(30)15-5-6-25-19(9-15)29-13-24-12-27-29/h2-6,9,12-14,18H,7-8,10-11H2,1H3,(H,26,30). The summed E-state index contributed by atoms with van der Waals surface area (Å²) in [7, 11) is 0. The summed E-state index contributed by atoms with van der Waals surface area (Å²) in [5.41, 5.74) is 0.783. The van der Waals surface area contributed by atoms with Crippen LogP contribution in [0.5, 0.6) is 0 Å². The molecule has 1 N–H and O–H groups in total. The van der Waals surface area contributed by atoms with Crippen molar-refractivity contribution >= 4 is 17.5 Å². The molecule has 8 nitrogen and oxygen atoms in total. The number of hydrogen-bond donors (Lipinski definition) is 1. The van der Waals surface area contributed by atoms with Gasteiger partial charge in [-0.1, -0.05) is 17.7 Å². The van der Waals surface area contributed by atoms with Crippen LogP contribution < -0.4 is 5.32 Å². The second-order valence-electron chi connectivity index (χ2n) is 7.28. The Hall–Kier alpha value is -2.88. The molecule has 0 bridgehead atoms. The zero-order valence-electron chi connectivity index (χ0n) is 16.9. The van der Waals surface area contributed by atoms with Crippen LogP contribution in [-0.4, -0.2) is 62.9 Å². The zero-order chi connectivity index (χ0) is 21.8. The summed E-state index contributed by atoms with van der Waals surface area (Å²) < 4.78 is 21.8. The SMILES string of the molecule is CC1CN(C(CNC(=O)c2ccnc(-n3cncn3)c2)c2c(F)cccc2Cl)CCO1. The third kappa shape index (κ3) is 4.90. The van der Waals surface area contributed by atoms with Crippen molar-refractivity contribution in [3.05, 3.63) is 71.2 Å². The number of pyridine rings is 1.